The van der Waals surface area contributed by atoms with Gasteiger partial charge in [-0.3, -0.25) is 4.72 Å². The number of pyridine rings is 1. The van der Waals surface area contributed by atoms with Crippen LogP contribution in [0.4, 0.5) is 24.7 Å². The van der Waals surface area contributed by atoms with Crippen LogP contribution < -0.4 is 15.4 Å². The van der Waals surface area contributed by atoms with Gasteiger partial charge in [-0.1, -0.05) is 6.07 Å². The second-order valence-corrected chi connectivity index (χ2v) is 7.58. The summed E-state index contributed by atoms with van der Waals surface area (Å²) in [6.45, 7) is 2.80. The molecule has 1 aliphatic heterocycles. The van der Waals surface area contributed by atoms with Crippen LogP contribution in [0, 0.1) is 24.5 Å². The summed E-state index contributed by atoms with van der Waals surface area (Å²) >= 11 is 0. The van der Waals surface area contributed by atoms with Crippen molar-refractivity contribution < 1.29 is 21.6 Å². The smallest absolute Gasteiger partial charge is 0.268 e. The van der Waals surface area contributed by atoms with E-state index in [-0.39, 0.29) is 23.1 Å². The average molecular weight is 386 g/mol. The number of sulfonamides is 1. The molecule has 1 unspecified atom stereocenters. The van der Waals surface area contributed by atoms with Crippen LogP contribution in [0.5, 0.6) is 0 Å². The third-order valence-electron chi connectivity index (χ3n) is 4.06. The number of benzene rings is 1. The number of anilines is 2. The second kappa shape index (κ2) is 7.12. The standard InChI is InChI=1S/C16H17F3N4O2S/c1-9-12(21-10-5-6-20-8-10)7-11(17)16(15(9)19)26(24,25)23-14-4-2-3-13(18)22-14/h2-4,7,10,20-21H,5-6,8H2,1H3,(H,22,23). The Bertz CT molecular complexity index is 931. The molecule has 0 saturated carbocycles. The minimum atomic E-state index is -4.63. The summed E-state index contributed by atoms with van der Waals surface area (Å²) in [6.07, 6.45) is 0.787. The van der Waals surface area contributed by atoms with Gasteiger partial charge in [-0.05, 0) is 38.1 Å². The number of aromatic nitrogens is 1. The van der Waals surface area contributed by atoms with E-state index in [9.17, 15) is 21.6 Å². The molecule has 0 radical (unpaired) electrons. The van der Waals surface area contributed by atoms with Gasteiger partial charge in [-0.15, -0.1) is 0 Å². The van der Waals surface area contributed by atoms with Gasteiger partial charge in [0.15, 0.2) is 10.7 Å². The summed E-state index contributed by atoms with van der Waals surface area (Å²) in [7, 11) is -4.63. The van der Waals surface area contributed by atoms with E-state index in [4.69, 9.17) is 0 Å². The number of halogens is 3. The van der Waals surface area contributed by atoms with Gasteiger partial charge >= 0.3 is 0 Å². The van der Waals surface area contributed by atoms with Gasteiger partial charge in [-0.2, -0.15) is 4.39 Å². The Hall–Kier alpha value is -2.33. The van der Waals surface area contributed by atoms with Crippen molar-refractivity contribution in [3.8, 4) is 0 Å². The lowest BCUT2D eigenvalue weighted by Crippen LogP contribution is -2.24. The molecule has 140 valence electrons. The van der Waals surface area contributed by atoms with Gasteiger partial charge < -0.3 is 10.6 Å². The highest BCUT2D eigenvalue weighted by Gasteiger charge is 2.28. The van der Waals surface area contributed by atoms with Crippen molar-refractivity contribution >= 4 is 21.5 Å². The molecular formula is C16H17F3N4O2S. The zero-order valence-electron chi connectivity index (χ0n) is 13.8. The molecule has 6 nitrogen and oxygen atoms in total. The van der Waals surface area contributed by atoms with Crippen molar-refractivity contribution in [2.75, 3.05) is 23.1 Å². The van der Waals surface area contributed by atoms with E-state index >= 15 is 0 Å². The van der Waals surface area contributed by atoms with Crippen LogP contribution in [0.15, 0.2) is 29.2 Å². The lowest BCUT2D eigenvalue weighted by molar-refractivity contribution is 0.516. The maximum absolute atomic E-state index is 14.7. The van der Waals surface area contributed by atoms with Crippen LogP contribution in [0.3, 0.4) is 0 Å². The molecule has 0 bridgehead atoms. The normalized spacial score (nSPS) is 17.3. The van der Waals surface area contributed by atoms with E-state index in [2.05, 4.69) is 15.6 Å². The van der Waals surface area contributed by atoms with Crippen LogP contribution in [-0.4, -0.2) is 32.5 Å². The summed E-state index contributed by atoms with van der Waals surface area (Å²) in [5, 5.41) is 6.12. The molecular weight excluding hydrogens is 369 g/mol. The summed E-state index contributed by atoms with van der Waals surface area (Å²) in [5.74, 6) is -3.75. The molecule has 0 spiro atoms. The molecule has 3 N–H and O–H groups in total. The van der Waals surface area contributed by atoms with Crippen LogP contribution >= 0.6 is 0 Å². The molecule has 1 aromatic carbocycles. The van der Waals surface area contributed by atoms with E-state index in [1.165, 1.54) is 19.1 Å². The zero-order valence-corrected chi connectivity index (χ0v) is 14.6. The monoisotopic (exact) mass is 386 g/mol. The molecule has 2 aromatic rings. The SMILES string of the molecule is Cc1c(NC2CCNC2)cc(F)c(S(=O)(=O)Nc2cccc(F)n2)c1F. The summed E-state index contributed by atoms with van der Waals surface area (Å²) in [4.78, 5) is 2.20. The van der Waals surface area contributed by atoms with E-state index < -0.39 is 32.5 Å². The first-order valence-electron chi connectivity index (χ1n) is 7.89. The number of nitrogens with one attached hydrogen (secondary N) is 3. The molecule has 0 amide bonds. The lowest BCUT2D eigenvalue weighted by Gasteiger charge is -2.18. The highest BCUT2D eigenvalue weighted by molar-refractivity contribution is 7.92. The van der Waals surface area contributed by atoms with Gasteiger partial charge in [0.2, 0.25) is 5.95 Å². The van der Waals surface area contributed by atoms with E-state index in [0.29, 0.717) is 6.54 Å². The molecule has 26 heavy (non-hydrogen) atoms. The average Bonchev–Trinajstić information content (AvgIpc) is 3.04. The van der Waals surface area contributed by atoms with Crippen molar-refractivity contribution in [1.29, 1.82) is 0 Å². The van der Waals surface area contributed by atoms with E-state index in [1.807, 2.05) is 4.72 Å². The van der Waals surface area contributed by atoms with Crippen molar-refractivity contribution in [3.05, 3.63) is 47.4 Å². The van der Waals surface area contributed by atoms with Crippen LogP contribution in [0.2, 0.25) is 0 Å². The lowest BCUT2D eigenvalue weighted by atomic mass is 10.1. The van der Waals surface area contributed by atoms with E-state index in [1.54, 1.807) is 0 Å². The Balaban J connectivity index is 1.95. The molecule has 1 aromatic heterocycles. The number of rotatable bonds is 5. The zero-order chi connectivity index (χ0) is 18.9. The first-order chi connectivity index (χ1) is 12.3. The van der Waals surface area contributed by atoms with Gasteiger partial charge in [0.1, 0.15) is 11.6 Å². The number of nitrogens with zero attached hydrogens (tertiary/aromatic N) is 1. The predicted molar refractivity (Wildman–Crippen MR) is 91.0 cm³/mol. The summed E-state index contributed by atoms with van der Waals surface area (Å²) in [5.41, 5.74) is 0.169. The van der Waals surface area contributed by atoms with Gasteiger partial charge in [0.25, 0.3) is 10.0 Å². The highest BCUT2D eigenvalue weighted by Crippen LogP contribution is 2.29. The molecule has 1 saturated heterocycles. The van der Waals surface area contributed by atoms with Gasteiger partial charge in [0.05, 0.1) is 0 Å². The molecule has 1 fully saturated rings. The Morgan fingerprint density at radius 3 is 2.69 bits per heavy atom. The Morgan fingerprint density at radius 1 is 1.27 bits per heavy atom. The molecule has 1 aliphatic rings. The quantitative estimate of drug-likeness (QED) is 0.688. The Labute approximate surface area is 148 Å². The van der Waals surface area contributed by atoms with Crippen LogP contribution in [-0.2, 0) is 10.0 Å². The Kier molecular flexibility index (Phi) is 5.05. The first kappa shape index (κ1) is 18.5. The van der Waals surface area contributed by atoms with Crippen molar-refractivity contribution in [2.45, 2.75) is 24.3 Å². The number of hydrogen-bond acceptors (Lipinski definition) is 5. The minimum absolute atomic E-state index is 0.00424. The molecule has 2 heterocycles. The number of hydrogen-bond donors (Lipinski definition) is 3. The fourth-order valence-electron chi connectivity index (χ4n) is 2.74. The van der Waals surface area contributed by atoms with Gasteiger partial charge in [0, 0.05) is 23.8 Å². The van der Waals surface area contributed by atoms with Crippen molar-refractivity contribution in [3.63, 3.8) is 0 Å². The van der Waals surface area contributed by atoms with E-state index in [0.717, 1.165) is 25.1 Å². The predicted octanol–water partition coefficient (Wildman–Crippen LogP) is 2.38. The topological polar surface area (TPSA) is 83.1 Å². The Morgan fingerprint density at radius 2 is 2.04 bits per heavy atom. The van der Waals surface area contributed by atoms with Crippen LogP contribution in [0.25, 0.3) is 0 Å². The minimum Gasteiger partial charge on any atom is -0.381 e. The largest absolute Gasteiger partial charge is 0.381 e. The van der Waals surface area contributed by atoms with Crippen molar-refractivity contribution in [2.24, 2.45) is 0 Å². The highest BCUT2D eigenvalue weighted by atomic mass is 32.2. The first-order valence-corrected chi connectivity index (χ1v) is 9.37. The second-order valence-electron chi connectivity index (χ2n) is 5.96. The summed E-state index contributed by atoms with van der Waals surface area (Å²) < 4.78 is 68.9. The van der Waals surface area contributed by atoms with Crippen molar-refractivity contribution in [1.82, 2.24) is 10.3 Å². The third-order valence-corrected chi connectivity index (χ3v) is 5.45. The molecule has 3 rings (SSSR count). The molecule has 0 aliphatic carbocycles. The van der Waals surface area contributed by atoms with Crippen LogP contribution in [0.1, 0.15) is 12.0 Å². The van der Waals surface area contributed by atoms with Gasteiger partial charge in [-0.25, -0.2) is 22.2 Å². The maximum atomic E-state index is 14.7. The molecule has 1 atom stereocenters. The fourth-order valence-corrected chi connectivity index (χ4v) is 3.94. The fraction of sp³-hybridized carbons (Fsp3) is 0.312. The third kappa shape index (κ3) is 3.75. The summed E-state index contributed by atoms with van der Waals surface area (Å²) in [6, 6.07) is 4.36. The maximum Gasteiger partial charge on any atom is 0.268 e. The molecule has 10 heteroatoms.